The Morgan fingerprint density at radius 3 is 1.16 bits per heavy atom. The summed E-state index contributed by atoms with van der Waals surface area (Å²) in [5.74, 6) is 0. The fourth-order valence-electron chi connectivity index (χ4n) is 2.03. The molecule has 25 heavy (non-hydrogen) atoms. The average Bonchev–Trinajstić information content (AvgIpc) is 2.55. The van der Waals surface area contributed by atoms with Gasteiger partial charge in [-0.2, -0.15) is 0 Å². The van der Waals surface area contributed by atoms with E-state index in [2.05, 4.69) is 40.8 Å². The topological polar surface area (TPSA) is 46.2 Å². The summed E-state index contributed by atoms with van der Waals surface area (Å²) in [5, 5.41) is 0. The van der Waals surface area contributed by atoms with Crippen molar-refractivity contribution in [1.29, 1.82) is 0 Å². The Balaban J connectivity index is 5.01. The molecule has 0 aromatic carbocycles. The van der Waals surface area contributed by atoms with Gasteiger partial charge in [-0.3, -0.25) is 0 Å². The van der Waals surface area contributed by atoms with Crippen LogP contribution in [0.3, 0.4) is 0 Å². The van der Waals surface area contributed by atoms with Crippen molar-refractivity contribution < 1.29 is 21.8 Å². The summed E-state index contributed by atoms with van der Waals surface area (Å²) in [7, 11) is -5.54. The van der Waals surface area contributed by atoms with E-state index in [-0.39, 0.29) is 0 Å². The van der Waals surface area contributed by atoms with Crippen molar-refractivity contribution in [3.8, 4) is 0 Å². The normalized spacial score (nSPS) is 12.7. The van der Waals surface area contributed by atoms with E-state index < -0.39 is 17.6 Å². The number of hydrogen-bond acceptors (Lipinski definition) is 5. The van der Waals surface area contributed by atoms with Crippen LogP contribution in [0, 0.1) is 0 Å². The summed E-state index contributed by atoms with van der Waals surface area (Å²) in [5.41, 5.74) is 0. The predicted molar refractivity (Wildman–Crippen MR) is 108 cm³/mol. The molecule has 0 bridgehead atoms. The number of unbranched alkanes of at least 4 members (excludes halogenated alkanes) is 4. The Labute approximate surface area is 158 Å². The zero-order chi connectivity index (χ0) is 19.0. The molecule has 0 atom stereocenters. The molecule has 0 radical (unpaired) electrons. The molecule has 0 spiro atoms. The Kier molecular flexibility index (Phi) is 15.5. The van der Waals surface area contributed by atoms with Crippen molar-refractivity contribution in [1.82, 2.24) is 0 Å². The van der Waals surface area contributed by atoms with Gasteiger partial charge in [0.05, 0.1) is 0 Å². The van der Waals surface area contributed by atoms with Gasteiger partial charge in [-0.25, -0.2) is 0 Å². The lowest BCUT2D eigenvalue weighted by Crippen LogP contribution is -2.57. The van der Waals surface area contributed by atoms with Gasteiger partial charge in [0.2, 0.25) is 0 Å². The molecule has 7 heteroatoms. The lowest BCUT2D eigenvalue weighted by atomic mass is 10.4. The van der Waals surface area contributed by atoms with Gasteiger partial charge in [0.15, 0.2) is 0 Å². The predicted octanol–water partition coefficient (Wildman–Crippen LogP) is 5.41. The molecule has 5 nitrogen and oxygen atoms in total. The third-order valence-electron chi connectivity index (χ3n) is 3.65. The lowest BCUT2D eigenvalue weighted by Gasteiger charge is -2.34. The van der Waals surface area contributed by atoms with Crippen LogP contribution in [-0.2, 0) is 21.8 Å². The molecule has 0 unspecified atom stereocenters. The quantitative estimate of drug-likeness (QED) is 0.230. The second-order valence-electron chi connectivity index (χ2n) is 6.81. The molecule has 0 heterocycles. The summed E-state index contributed by atoms with van der Waals surface area (Å²) in [4.78, 5) is 0. The van der Waals surface area contributed by atoms with E-state index in [1.54, 1.807) is 0 Å². The Hall–Kier alpha value is 0.234. The Morgan fingerprint density at radius 2 is 0.840 bits per heavy atom. The summed E-state index contributed by atoms with van der Waals surface area (Å²) in [6.07, 6.45) is 8.30. The van der Waals surface area contributed by atoms with Crippen LogP contribution in [0.4, 0.5) is 0 Å². The van der Waals surface area contributed by atoms with Crippen molar-refractivity contribution in [2.24, 2.45) is 0 Å². The molecule has 0 rings (SSSR count). The summed E-state index contributed by atoms with van der Waals surface area (Å²) < 4.78 is 30.9. The second-order valence-corrected chi connectivity index (χ2v) is 12.6. The number of hydrogen-bond donors (Lipinski definition) is 0. The van der Waals surface area contributed by atoms with E-state index in [1.807, 2.05) is 0 Å². The van der Waals surface area contributed by atoms with Crippen LogP contribution in [-0.4, -0.2) is 44.0 Å². The monoisotopic (exact) mass is 394 g/mol. The first-order valence-corrected chi connectivity index (χ1v) is 14.7. The van der Waals surface area contributed by atoms with E-state index in [4.69, 9.17) is 21.8 Å². The summed E-state index contributed by atoms with van der Waals surface area (Å²) in [6.45, 7) is 15.3. The molecule has 0 fully saturated rings. The van der Waals surface area contributed by atoms with Gasteiger partial charge in [-0.1, -0.05) is 53.4 Å². The van der Waals surface area contributed by atoms with Crippen LogP contribution in [0.15, 0.2) is 0 Å². The van der Waals surface area contributed by atoms with Gasteiger partial charge < -0.3 is 21.8 Å². The maximum Gasteiger partial charge on any atom is 0.670 e. The van der Waals surface area contributed by atoms with E-state index in [0.717, 1.165) is 58.0 Å². The highest BCUT2D eigenvalue weighted by atomic mass is 28.5. The zero-order valence-electron chi connectivity index (χ0n) is 17.5. The van der Waals surface area contributed by atoms with Gasteiger partial charge in [0.25, 0.3) is 0 Å². The second kappa shape index (κ2) is 15.3. The Bertz CT molecular complexity index is 277. The maximum absolute atomic E-state index is 6.40. The molecule has 0 aliphatic rings. The molecule has 152 valence electrons. The van der Waals surface area contributed by atoms with E-state index >= 15 is 0 Å². The minimum absolute atomic E-state index is 0.612. The molecule has 0 aliphatic carbocycles. The third kappa shape index (κ3) is 13.1. The van der Waals surface area contributed by atoms with Crippen LogP contribution < -0.4 is 0 Å². The molecule has 0 saturated carbocycles. The van der Waals surface area contributed by atoms with Crippen molar-refractivity contribution in [3.05, 3.63) is 0 Å². The molecular formula is C18H42O5Si2. The SMILES string of the molecule is CCCCO[Si](C)(C)O[Si](OCCCC)(OCCCC)OCCCC. The minimum Gasteiger partial charge on any atom is -0.395 e. The maximum atomic E-state index is 6.40. The van der Waals surface area contributed by atoms with E-state index in [1.165, 1.54) is 0 Å². The highest BCUT2D eigenvalue weighted by Gasteiger charge is 2.51. The molecule has 0 N–H and O–H groups in total. The first-order chi connectivity index (χ1) is 11.9. The molecule has 0 aliphatic heterocycles. The highest BCUT2D eigenvalue weighted by Crippen LogP contribution is 2.22. The van der Waals surface area contributed by atoms with Crippen LogP contribution in [0.2, 0.25) is 13.1 Å². The summed E-state index contributed by atoms with van der Waals surface area (Å²) >= 11 is 0. The summed E-state index contributed by atoms with van der Waals surface area (Å²) in [6, 6.07) is 0. The van der Waals surface area contributed by atoms with Crippen molar-refractivity contribution in [3.63, 3.8) is 0 Å². The van der Waals surface area contributed by atoms with Crippen LogP contribution in [0.25, 0.3) is 0 Å². The highest BCUT2D eigenvalue weighted by molar-refractivity contribution is 6.74. The fourth-order valence-corrected chi connectivity index (χ4v) is 7.45. The number of rotatable bonds is 18. The third-order valence-corrected chi connectivity index (χ3v) is 9.19. The average molecular weight is 395 g/mol. The zero-order valence-corrected chi connectivity index (χ0v) is 19.5. The molecule has 0 aromatic heterocycles. The minimum atomic E-state index is -3.17. The molecule has 0 amide bonds. The molecule has 0 aromatic rings. The first kappa shape index (κ1) is 25.2. The van der Waals surface area contributed by atoms with Crippen molar-refractivity contribution in [2.75, 3.05) is 26.4 Å². The van der Waals surface area contributed by atoms with E-state index in [9.17, 15) is 0 Å². The molecular weight excluding hydrogens is 352 g/mol. The van der Waals surface area contributed by atoms with Crippen LogP contribution in [0.5, 0.6) is 0 Å². The Morgan fingerprint density at radius 1 is 0.520 bits per heavy atom. The standard InChI is InChI=1S/C18H42O5Si2/c1-7-11-15-19-24(5,6)23-25(20-16-12-8-2,21-17-13-9-3)22-18-14-10-4/h7-18H2,1-6H3. The largest absolute Gasteiger partial charge is 0.670 e. The first-order valence-electron chi connectivity index (χ1n) is 10.2. The van der Waals surface area contributed by atoms with Crippen LogP contribution in [0.1, 0.15) is 79.1 Å². The van der Waals surface area contributed by atoms with Gasteiger partial charge in [-0.15, -0.1) is 0 Å². The van der Waals surface area contributed by atoms with Gasteiger partial charge in [0.1, 0.15) is 0 Å². The van der Waals surface area contributed by atoms with E-state index in [0.29, 0.717) is 19.8 Å². The lowest BCUT2D eigenvalue weighted by molar-refractivity contribution is -0.0124. The fraction of sp³-hybridized carbons (Fsp3) is 1.00. The van der Waals surface area contributed by atoms with Crippen LogP contribution >= 0.6 is 0 Å². The molecule has 0 saturated heterocycles. The smallest absolute Gasteiger partial charge is 0.395 e. The van der Waals surface area contributed by atoms with Gasteiger partial charge in [0, 0.05) is 26.4 Å². The van der Waals surface area contributed by atoms with Gasteiger partial charge in [-0.05, 0) is 38.8 Å². The van der Waals surface area contributed by atoms with Crippen molar-refractivity contribution in [2.45, 2.75) is 92.2 Å². The van der Waals surface area contributed by atoms with Gasteiger partial charge >= 0.3 is 17.6 Å². The van der Waals surface area contributed by atoms with Crippen molar-refractivity contribution >= 4 is 17.6 Å².